The zero-order chi connectivity index (χ0) is 12.7. The Morgan fingerprint density at radius 1 is 1.00 bits per heavy atom. The van der Waals surface area contributed by atoms with Gasteiger partial charge in [0.05, 0.1) is 0 Å². The molecule has 0 spiro atoms. The summed E-state index contributed by atoms with van der Waals surface area (Å²) in [5.41, 5.74) is 0. The number of ether oxygens (including phenoxy) is 1. The number of hydrogen-bond donors (Lipinski definition) is 0. The van der Waals surface area contributed by atoms with E-state index in [-0.39, 0.29) is 18.4 Å². The van der Waals surface area contributed by atoms with E-state index in [9.17, 15) is 9.59 Å². The predicted molar refractivity (Wildman–Crippen MR) is 64.6 cm³/mol. The minimum Gasteiger partial charge on any atom is -0.372 e. The maximum absolute atomic E-state index is 11.8. The first-order chi connectivity index (χ1) is 8.19. The van der Waals surface area contributed by atoms with E-state index in [1.807, 2.05) is 18.7 Å². The van der Waals surface area contributed by atoms with Gasteiger partial charge < -0.3 is 14.5 Å². The van der Waals surface area contributed by atoms with Gasteiger partial charge in [-0.25, -0.2) is 0 Å². The van der Waals surface area contributed by atoms with E-state index in [0.717, 1.165) is 19.5 Å². The topological polar surface area (TPSA) is 49.9 Å². The molecule has 1 saturated heterocycles. The third-order valence-electron chi connectivity index (χ3n) is 2.93. The van der Waals surface area contributed by atoms with Crippen LogP contribution < -0.4 is 0 Å². The lowest BCUT2D eigenvalue weighted by atomic mass is 10.3. The fourth-order valence-electron chi connectivity index (χ4n) is 1.92. The molecule has 1 aliphatic heterocycles. The molecule has 5 nitrogen and oxygen atoms in total. The van der Waals surface area contributed by atoms with Crippen molar-refractivity contribution >= 4 is 11.8 Å². The maximum Gasteiger partial charge on any atom is 0.248 e. The molecule has 0 aromatic rings. The summed E-state index contributed by atoms with van der Waals surface area (Å²) in [4.78, 5) is 27.0. The Morgan fingerprint density at radius 3 is 2.12 bits per heavy atom. The van der Waals surface area contributed by atoms with Gasteiger partial charge >= 0.3 is 0 Å². The molecule has 0 aromatic heterocycles. The lowest BCUT2D eigenvalue weighted by molar-refractivity contribution is -0.136. The van der Waals surface area contributed by atoms with Gasteiger partial charge in [-0.2, -0.15) is 0 Å². The van der Waals surface area contributed by atoms with Crippen LogP contribution in [-0.4, -0.2) is 61.0 Å². The second-order valence-electron chi connectivity index (χ2n) is 4.11. The van der Waals surface area contributed by atoms with Gasteiger partial charge in [-0.05, 0) is 13.3 Å². The highest BCUT2D eigenvalue weighted by Crippen LogP contribution is 2.05. The van der Waals surface area contributed by atoms with Gasteiger partial charge in [0.25, 0.3) is 0 Å². The van der Waals surface area contributed by atoms with E-state index in [4.69, 9.17) is 4.74 Å². The molecule has 1 fully saturated rings. The molecule has 0 saturated carbocycles. The van der Waals surface area contributed by atoms with Crippen molar-refractivity contribution < 1.29 is 14.3 Å². The monoisotopic (exact) mass is 242 g/mol. The van der Waals surface area contributed by atoms with Crippen LogP contribution in [0.2, 0.25) is 0 Å². The van der Waals surface area contributed by atoms with Crippen molar-refractivity contribution in [3.05, 3.63) is 0 Å². The van der Waals surface area contributed by atoms with Gasteiger partial charge in [0.2, 0.25) is 11.8 Å². The SMILES string of the molecule is CCOCC(=O)N1CCCN(C(=O)CC)CC1. The maximum atomic E-state index is 11.8. The van der Waals surface area contributed by atoms with Crippen LogP contribution in [0.3, 0.4) is 0 Å². The summed E-state index contributed by atoms with van der Waals surface area (Å²) >= 11 is 0. The van der Waals surface area contributed by atoms with Gasteiger partial charge in [0.15, 0.2) is 0 Å². The molecule has 1 rings (SSSR count). The van der Waals surface area contributed by atoms with Crippen molar-refractivity contribution in [3.63, 3.8) is 0 Å². The van der Waals surface area contributed by atoms with Gasteiger partial charge in [-0.3, -0.25) is 9.59 Å². The van der Waals surface area contributed by atoms with E-state index >= 15 is 0 Å². The summed E-state index contributed by atoms with van der Waals surface area (Å²) < 4.78 is 5.11. The standard InChI is InChI=1S/C12H22N2O3/c1-3-11(15)13-6-5-7-14(9-8-13)12(16)10-17-4-2/h3-10H2,1-2H3. The van der Waals surface area contributed by atoms with Crippen molar-refractivity contribution in [1.29, 1.82) is 0 Å². The quantitative estimate of drug-likeness (QED) is 0.721. The van der Waals surface area contributed by atoms with Crippen molar-refractivity contribution in [2.45, 2.75) is 26.7 Å². The van der Waals surface area contributed by atoms with E-state index in [0.29, 0.717) is 26.1 Å². The third-order valence-corrected chi connectivity index (χ3v) is 2.93. The minimum absolute atomic E-state index is 0.0256. The summed E-state index contributed by atoms with van der Waals surface area (Å²) in [6.07, 6.45) is 1.39. The first-order valence-corrected chi connectivity index (χ1v) is 6.32. The molecule has 0 bridgehead atoms. The average molecular weight is 242 g/mol. The zero-order valence-corrected chi connectivity index (χ0v) is 10.8. The first kappa shape index (κ1) is 14.0. The lowest BCUT2D eigenvalue weighted by Gasteiger charge is -2.21. The van der Waals surface area contributed by atoms with Crippen molar-refractivity contribution in [1.82, 2.24) is 9.80 Å². The minimum atomic E-state index is 0.0256. The van der Waals surface area contributed by atoms with Gasteiger partial charge in [0.1, 0.15) is 6.61 Å². The highest BCUT2D eigenvalue weighted by molar-refractivity contribution is 5.78. The number of nitrogens with zero attached hydrogens (tertiary/aromatic N) is 2. The fraction of sp³-hybridized carbons (Fsp3) is 0.833. The van der Waals surface area contributed by atoms with Crippen LogP contribution in [0.15, 0.2) is 0 Å². The normalized spacial score (nSPS) is 16.8. The smallest absolute Gasteiger partial charge is 0.248 e. The molecule has 2 amide bonds. The number of amides is 2. The second-order valence-corrected chi connectivity index (χ2v) is 4.11. The molecule has 5 heteroatoms. The van der Waals surface area contributed by atoms with Crippen molar-refractivity contribution in [3.8, 4) is 0 Å². The molecule has 17 heavy (non-hydrogen) atoms. The summed E-state index contributed by atoms with van der Waals surface area (Å²) in [7, 11) is 0. The average Bonchev–Trinajstić information content (AvgIpc) is 2.60. The van der Waals surface area contributed by atoms with Crippen molar-refractivity contribution in [2.75, 3.05) is 39.4 Å². The Morgan fingerprint density at radius 2 is 1.59 bits per heavy atom. The molecule has 0 aliphatic carbocycles. The summed E-state index contributed by atoms with van der Waals surface area (Å²) in [6, 6.07) is 0. The van der Waals surface area contributed by atoms with Crippen LogP contribution in [0.1, 0.15) is 26.7 Å². The Kier molecular flexibility index (Phi) is 5.97. The Balaban J connectivity index is 2.41. The fourth-order valence-corrected chi connectivity index (χ4v) is 1.92. The number of hydrogen-bond acceptors (Lipinski definition) is 3. The molecule has 0 atom stereocenters. The molecule has 1 heterocycles. The van der Waals surface area contributed by atoms with Crippen LogP contribution in [0.4, 0.5) is 0 Å². The highest BCUT2D eigenvalue weighted by atomic mass is 16.5. The van der Waals surface area contributed by atoms with E-state index in [2.05, 4.69) is 0 Å². The van der Waals surface area contributed by atoms with E-state index in [1.54, 1.807) is 4.90 Å². The summed E-state index contributed by atoms with van der Waals surface area (Å²) in [6.45, 7) is 7.19. The highest BCUT2D eigenvalue weighted by Gasteiger charge is 2.20. The van der Waals surface area contributed by atoms with Crippen LogP contribution in [0, 0.1) is 0 Å². The number of carbonyl (C=O) groups excluding carboxylic acids is 2. The molecule has 1 aliphatic rings. The second kappa shape index (κ2) is 7.27. The summed E-state index contributed by atoms with van der Waals surface area (Å²) in [5.74, 6) is 0.196. The molecular formula is C12H22N2O3. The Labute approximate surface area is 103 Å². The molecule has 0 radical (unpaired) electrons. The third kappa shape index (κ3) is 4.34. The zero-order valence-electron chi connectivity index (χ0n) is 10.8. The van der Waals surface area contributed by atoms with E-state index < -0.39 is 0 Å². The van der Waals surface area contributed by atoms with Gasteiger partial charge in [-0.15, -0.1) is 0 Å². The Bertz CT molecular complexity index is 268. The van der Waals surface area contributed by atoms with Gasteiger partial charge in [0, 0.05) is 39.2 Å². The number of carbonyl (C=O) groups is 2. The summed E-state index contributed by atoms with van der Waals surface area (Å²) in [5, 5.41) is 0. The molecule has 0 unspecified atom stereocenters. The Hall–Kier alpha value is -1.10. The van der Waals surface area contributed by atoms with Crippen LogP contribution in [-0.2, 0) is 14.3 Å². The largest absolute Gasteiger partial charge is 0.372 e. The van der Waals surface area contributed by atoms with Crippen LogP contribution in [0.5, 0.6) is 0 Å². The predicted octanol–water partition coefficient (Wildman–Crippen LogP) is 0.494. The van der Waals surface area contributed by atoms with E-state index in [1.165, 1.54) is 0 Å². The van der Waals surface area contributed by atoms with Crippen LogP contribution in [0.25, 0.3) is 0 Å². The van der Waals surface area contributed by atoms with Crippen molar-refractivity contribution in [2.24, 2.45) is 0 Å². The molecule has 98 valence electrons. The first-order valence-electron chi connectivity index (χ1n) is 6.32. The molecule has 0 N–H and O–H groups in total. The molecule has 0 aromatic carbocycles. The number of rotatable bonds is 4. The van der Waals surface area contributed by atoms with Gasteiger partial charge in [-0.1, -0.05) is 6.92 Å². The molecular weight excluding hydrogens is 220 g/mol. The lowest BCUT2D eigenvalue weighted by Crippen LogP contribution is -2.38. The van der Waals surface area contributed by atoms with Crippen LogP contribution >= 0.6 is 0 Å².